The van der Waals surface area contributed by atoms with E-state index in [0.29, 0.717) is 5.52 Å². The highest BCUT2D eigenvalue weighted by Gasteiger charge is 2.15. The Morgan fingerprint density at radius 1 is 1.04 bits per heavy atom. The first kappa shape index (κ1) is 15.9. The van der Waals surface area contributed by atoms with E-state index in [1.807, 2.05) is 30.3 Å². The van der Waals surface area contributed by atoms with Crippen LogP contribution in [0.3, 0.4) is 0 Å². The Hall–Kier alpha value is -3.00. The molecule has 0 bridgehead atoms. The number of H-pyrrole nitrogens is 2. The number of hydrogen-bond donors (Lipinski definition) is 3. The molecule has 1 aromatic heterocycles. The van der Waals surface area contributed by atoms with Crippen LogP contribution in [-0.2, 0) is 5.41 Å². The number of fused-ring (bicyclic) bond motifs is 1. The van der Waals surface area contributed by atoms with Crippen LogP contribution < -0.4 is 11.0 Å². The predicted molar refractivity (Wildman–Crippen MR) is 96.0 cm³/mol. The van der Waals surface area contributed by atoms with E-state index >= 15 is 0 Å². The third-order valence-electron chi connectivity index (χ3n) is 4.07. The average molecular weight is 320 g/mol. The monoisotopic (exact) mass is 320 g/mol. The fraction of sp³-hybridized carbons (Fsp3) is 0.263. The van der Waals surface area contributed by atoms with Crippen LogP contribution in [0.5, 0.6) is 0 Å². The molecule has 3 rings (SSSR count). The molecule has 3 aromatic rings. The van der Waals surface area contributed by atoms with Crippen molar-refractivity contribution in [1.82, 2.24) is 9.97 Å². The lowest BCUT2D eigenvalue weighted by molar-refractivity contribution is 0.590. The fourth-order valence-corrected chi connectivity index (χ4v) is 2.65. The lowest BCUT2D eigenvalue weighted by Gasteiger charge is -2.20. The summed E-state index contributed by atoms with van der Waals surface area (Å²) in [6.45, 7) is 6.48. The molecule has 2 aromatic carbocycles. The van der Waals surface area contributed by atoms with Crippen LogP contribution in [0.1, 0.15) is 37.9 Å². The standard InChI is InChI=1S/C19H20N4O/c1-19(2,3)13-6-4-12(5-7-13)17(11-20)21-14-8-9-15-16(10-14)23-18(24)22-15/h4-10,17,21H,1-3H3,(H2,22,23,24). The van der Waals surface area contributed by atoms with Gasteiger partial charge >= 0.3 is 5.69 Å². The maximum atomic E-state index is 11.3. The van der Waals surface area contributed by atoms with Crippen molar-refractivity contribution in [2.75, 3.05) is 5.32 Å². The third-order valence-corrected chi connectivity index (χ3v) is 4.07. The van der Waals surface area contributed by atoms with Crippen molar-refractivity contribution in [3.05, 3.63) is 64.1 Å². The largest absolute Gasteiger partial charge is 0.366 e. The Bertz CT molecular complexity index is 952. The van der Waals surface area contributed by atoms with Gasteiger partial charge in [-0.1, -0.05) is 45.0 Å². The maximum absolute atomic E-state index is 11.3. The Kier molecular flexibility index (Phi) is 3.90. The molecule has 1 unspecified atom stereocenters. The molecule has 3 N–H and O–H groups in total. The number of hydrogen-bond acceptors (Lipinski definition) is 3. The zero-order valence-electron chi connectivity index (χ0n) is 14.0. The first-order valence-electron chi connectivity index (χ1n) is 7.85. The van der Waals surface area contributed by atoms with Crippen molar-refractivity contribution < 1.29 is 0 Å². The highest BCUT2D eigenvalue weighted by Crippen LogP contribution is 2.26. The van der Waals surface area contributed by atoms with Crippen molar-refractivity contribution in [1.29, 1.82) is 5.26 Å². The number of nitrogens with one attached hydrogen (secondary N) is 3. The molecule has 0 saturated heterocycles. The Balaban J connectivity index is 1.85. The van der Waals surface area contributed by atoms with Crippen molar-refractivity contribution >= 4 is 16.7 Å². The molecule has 0 aliphatic rings. The molecule has 0 amide bonds. The smallest absolute Gasteiger partial charge is 0.323 e. The highest BCUT2D eigenvalue weighted by molar-refractivity contribution is 5.78. The predicted octanol–water partition coefficient (Wildman–Crippen LogP) is 3.83. The van der Waals surface area contributed by atoms with Gasteiger partial charge in [0.1, 0.15) is 6.04 Å². The SMILES string of the molecule is CC(C)(C)c1ccc(C(C#N)Nc2ccc3[nH]c(=O)[nH]c3c2)cc1. The zero-order chi connectivity index (χ0) is 17.3. The van der Waals surface area contributed by atoms with Gasteiger partial charge in [0, 0.05) is 5.69 Å². The summed E-state index contributed by atoms with van der Waals surface area (Å²) in [6.07, 6.45) is 0. The molecule has 5 nitrogen and oxygen atoms in total. The van der Waals surface area contributed by atoms with Crippen LogP contribution >= 0.6 is 0 Å². The number of aromatic amines is 2. The molecule has 0 aliphatic carbocycles. The molecule has 24 heavy (non-hydrogen) atoms. The fourth-order valence-electron chi connectivity index (χ4n) is 2.65. The molecule has 5 heteroatoms. The number of anilines is 1. The molecule has 0 radical (unpaired) electrons. The number of nitriles is 1. The molecule has 1 heterocycles. The number of nitrogens with zero attached hydrogens (tertiary/aromatic N) is 1. The minimum absolute atomic E-state index is 0.0826. The normalized spacial score (nSPS) is 12.8. The molecule has 122 valence electrons. The summed E-state index contributed by atoms with van der Waals surface area (Å²) in [5.41, 5.74) is 4.22. The zero-order valence-corrected chi connectivity index (χ0v) is 14.0. The van der Waals surface area contributed by atoms with Crippen molar-refractivity contribution in [2.45, 2.75) is 32.2 Å². The molecule has 0 saturated carbocycles. The quantitative estimate of drug-likeness (QED) is 0.685. The van der Waals surface area contributed by atoms with Gasteiger partial charge in [-0.3, -0.25) is 0 Å². The van der Waals surface area contributed by atoms with Crippen LogP contribution in [-0.4, -0.2) is 9.97 Å². The topological polar surface area (TPSA) is 84.5 Å². The van der Waals surface area contributed by atoms with E-state index in [9.17, 15) is 10.1 Å². The van der Waals surface area contributed by atoms with E-state index in [1.54, 1.807) is 0 Å². The molecule has 0 spiro atoms. The van der Waals surface area contributed by atoms with Gasteiger partial charge in [0.05, 0.1) is 17.1 Å². The summed E-state index contributed by atoms with van der Waals surface area (Å²) in [7, 11) is 0. The van der Waals surface area contributed by atoms with Gasteiger partial charge in [-0.2, -0.15) is 5.26 Å². The number of rotatable bonds is 3. The lowest BCUT2D eigenvalue weighted by atomic mass is 9.86. The van der Waals surface area contributed by atoms with Gasteiger partial charge in [0.2, 0.25) is 0 Å². The van der Waals surface area contributed by atoms with E-state index in [2.05, 4.69) is 54.3 Å². The minimum Gasteiger partial charge on any atom is -0.366 e. The van der Waals surface area contributed by atoms with Gasteiger partial charge in [-0.25, -0.2) is 4.79 Å². The van der Waals surface area contributed by atoms with Gasteiger partial charge in [0.15, 0.2) is 0 Å². The van der Waals surface area contributed by atoms with E-state index in [4.69, 9.17) is 0 Å². The first-order valence-corrected chi connectivity index (χ1v) is 7.85. The molecular formula is C19H20N4O. The second kappa shape index (κ2) is 5.89. The number of imidazole rings is 1. The number of benzene rings is 2. The summed E-state index contributed by atoms with van der Waals surface area (Å²) in [5, 5.41) is 12.7. The molecule has 1 atom stereocenters. The van der Waals surface area contributed by atoms with Crippen LogP contribution in [0.15, 0.2) is 47.3 Å². The van der Waals surface area contributed by atoms with Gasteiger partial charge in [-0.05, 0) is 34.7 Å². The summed E-state index contributed by atoms with van der Waals surface area (Å²) in [6, 6.07) is 15.4. The number of aromatic nitrogens is 2. The third kappa shape index (κ3) is 3.18. The summed E-state index contributed by atoms with van der Waals surface area (Å²) in [5.74, 6) is 0. The van der Waals surface area contributed by atoms with Crippen molar-refractivity contribution in [2.24, 2.45) is 0 Å². The summed E-state index contributed by atoms with van der Waals surface area (Å²) < 4.78 is 0. The Morgan fingerprint density at radius 3 is 2.33 bits per heavy atom. The second-order valence-electron chi connectivity index (χ2n) is 6.92. The average Bonchev–Trinajstić information content (AvgIpc) is 2.91. The van der Waals surface area contributed by atoms with Crippen LogP contribution in [0.2, 0.25) is 0 Å². The second-order valence-corrected chi connectivity index (χ2v) is 6.92. The first-order chi connectivity index (χ1) is 11.4. The van der Waals surface area contributed by atoms with Crippen molar-refractivity contribution in [3.8, 4) is 6.07 Å². The van der Waals surface area contributed by atoms with Gasteiger partial charge < -0.3 is 15.3 Å². The van der Waals surface area contributed by atoms with E-state index in [1.165, 1.54) is 5.56 Å². The van der Waals surface area contributed by atoms with E-state index < -0.39 is 6.04 Å². The van der Waals surface area contributed by atoms with Crippen LogP contribution in [0, 0.1) is 11.3 Å². The Morgan fingerprint density at radius 2 is 1.71 bits per heavy atom. The Labute approximate surface area is 140 Å². The van der Waals surface area contributed by atoms with Crippen LogP contribution in [0.25, 0.3) is 11.0 Å². The minimum atomic E-state index is -0.456. The maximum Gasteiger partial charge on any atom is 0.323 e. The van der Waals surface area contributed by atoms with E-state index in [-0.39, 0.29) is 11.1 Å². The van der Waals surface area contributed by atoms with Gasteiger partial charge in [-0.15, -0.1) is 0 Å². The highest BCUT2D eigenvalue weighted by atomic mass is 16.1. The molecule has 0 aliphatic heterocycles. The van der Waals surface area contributed by atoms with Gasteiger partial charge in [0.25, 0.3) is 0 Å². The summed E-state index contributed by atoms with van der Waals surface area (Å²) >= 11 is 0. The lowest BCUT2D eigenvalue weighted by Crippen LogP contribution is -2.12. The molecular weight excluding hydrogens is 300 g/mol. The van der Waals surface area contributed by atoms with Crippen molar-refractivity contribution in [3.63, 3.8) is 0 Å². The summed E-state index contributed by atoms with van der Waals surface area (Å²) in [4.78, 5) is 16.8. The van der Waals surface area contributed by atoms with E-state index in [0.717, 1.165) is 16.8 Å². The van der Waals surface area contributed by atoms with Crippen LogP contribution in [0.4, 0.5) is 5.69 Å². The molecule has 0 fully saturated rings.